The van der Waals surface area contributed by atoms with Crippen LogP contribution in [-0.4, -0.2) is 43.5 Å². The van der Waals surface area contributed by atoms with Gasteiger partial charge in [0.2, 0.25) is 0 Å². The van der Waals surface area contributed by atoms with Crippen molar-refractivity contribution in [3.8, 4) is 0 Å². The Kier molecular flexibility index (Phi) is 5.07. The molecule has 0 aliphatic carbocycles. The predicted molar refractivity (Wildman–Crippen MR) is 74.0 cm³/mol. The summed E-state index contributed by atoms with van der Waals surface area (Å²) in [5.41, 5.74) is 0.0182. The normalized spacial score (nSPS) is 22.7. The van der Waals surface area contributed by atoms with E-state index in [1.807, 2.05) is 0 Å². The Morgan fingerprint density at radius 1 is 1.23 bits per heavy atom. The van der Waals surface area contributed by atoms with Gasteiger partial charge in [-0.15, -0.1) is 0 Å². The van der Waals surface area contributed by atoms with Crippen molar-refractivity contribution in [2.75, 3.05) is 26.7 Å². The molecule has 1 aromatic carbocycles. The van der Waals surface area contributed by atoms with Crippen LogP contribution in [0.25, 0.3) is 0 Å². The smallest absolute Gasteiger partial charge is 0.312 e. The molecule has 0 aromatic heterocycles. The number of likely N-dealkylation sites (tertiary alicyclic amines) is 1. The standard InChI is InChI=1S/C15H19F5N2/c1-21-13-7-9-22(10-14(13,16)17)8-6-11-2-4-12(5-3-11)15(18,19)20/h2-5,13,21H,6-10H2,1H3. The molecule has 1 aliphatic heterocycles. The van der Waals surface area contributed by atoms with E-state index in [0.717, 1.165) is 12.1 Å². The van der Waals surface area contributed by atoms with Crippen LogP contribution in [0.15, 0.2) is 24.3 Å². The Morgan fingerprint density at radius 3 is 2.36 bits per heavy atom. The molecule has 1 atom stereocenters. The minimum Gasteiger partial charge on any atom is -0.312 e. The first-order chi connectivity index (χ1) is 10.2. The maximum atomic E-state index is 13.8. The molecule has 1 N–H and O–H groups in total. The quantitative estimate of drug-likeness (QED) is 0.857. The molecule has 1 aliphatic rings. The number of piperidine rings is 1. The van der Waals surface area contributed by atoms with E-state index in [0.29, 0.717) is 31.5 Å². The Hall–Kier alpha value is -1.21. The summed E-state index contributed by atoms with van der Waals surface area (Å²) in [5, 5.41) is 2.63. The summed E-state index contributed by atoms with van der Waals surface area (Å²) >= 11 is 0. The lowest BCUT2D eigenvalue weighted by Gasteiger charge is -2.38. The minimum absolute atomic E-state index is 0.320. The molecular weight excluding hydrogens is 303 g/mol. The second-order valence-corrected chi connectivity index (χ2v) is 5.61. The SMILES string of the molecule is CNC1CCN(CCc2ccc(C(F)(F)F)cc2)CC1(F)F. The van der Waals surface area contributed by atoms with E-state index in [1.54, 1.807) is 4.90 Å². The summed E-state index contributed by atoms with van der Waals surface area (Å²) in [4.78, 5) is 1.66. The van der Waals surface area contributed by atoms with Crippen molar-refractivity contribution < 1.29 is 22.0 Å². The lowest BCUT2D eigenvalue weighted by atomic mass is 10.0. The van der Waals surface area contributed by atoms with Crippen molar-refractivity contribution in [1.82, 2.24) is 10.2 Å². The zero-order valence-corrected chi connectivity index (χ0v) is 12.3. The highest BCUT2D eigenvalue weighted by atomic mass is 19.4. The van der Waals surface area contributed by atoms with Crippen LogP contribution in [0.5, 0.6) is 0 Å². The average molecular weight is 322 g/mol. The predicted octanol–water partition coefficient (Wildman–Crippen LogP) is 3.18. The van der Waals surface area contributed by atoms with Crippen LogP contribution in [0, 0.1) is 0 Å². The first kappa shape index (κ1) is 17.1. The van der Waals surface area contributed by atoms with Gasteiger partial charge in [0.25, 0.3) is 5.92 Å². The van der Waals surface area contributed by atoms with Crippen LogP contribution in [0.3, 0.4) is 0 Å². The van der Waals surface area contributed by atoms with Gasteiger partial charge in [-0.1, -0.05) is 12.1 Å². The molecule has 1 unspecified atom stereocenters. The topological polar surface area (TPSA) is 15.3 Å². The number of rotatable bonds is 4. The lowest BCUT2D eigenvalue weighted by Crippen LogP contribution is -2.56. The molecule has 0 radical (unpaired) electrons. The van der Waals surface area contributed by atoms with E-state index in [1.165, 1.54) is 19.2 Å². The van der Waals surface area contributed by atoms with Crippen molar-refractivity contribution in [3.63, 3.8) is 0 Å². The molecular formula is C15H19F5N2. The first-order valence-corrected chi connectivity index (χ1v) is 7.16. The molecule has 124 valence electrons. The number of alkyl halides is 5. The molecule has 0 bridgehead atoms. The van der Waals surface area contributed by atoms with Gasteiger partial charge >= 0.3 is 6.18 Å². The fraction of sp³-hybridized carbons (Fsp3) is 0.600. The van der Waals surface area contributed by atoms with Crippen LogP contribution in [0.2, 0.25) is 0 Å². The van der Waals surface area contributed by atoms with E-state index in [4.69, 9.17) is 0 Å². The second kappa shape index (κ2) is 6.50. The molecule has 1 heterocycles. The molecule has 1 aromatic rings. The molecule has 0 saturated carbocycles. The summed E-state index contributed by atoms with van der Waals surface area (Å²) in [6.07, 6.45) is -3.54. The van der Waals surface area contributed by atoms with Crippen molar-refractivity contribution in [2.24, 2.45) is 0 Å². The van der Waals surface area contributed by atoms with Gasteiger partial charge in [0.05, 0.1) is 18.2 Å². The molecule has 1 fully saturated rings. The minimum atomic E-state index is -4.35. The summed E-state index contributed by atoms with van der Waals surface area (Å²) in [5.74, 6) is -2.78. The van der Waals surface area contributed by atoms with E-state index in [9.17, 15) is 22.0 Å². The van der Waals surface area contributed by atoms with Crippen LogP contribution in [-0.2, 0) is 12.6 Å². The van der Waals surface area contributed by atoms with Gasteiger partial charge in [-0.3, -0.25) is 4.90 Å². The zero-order chi connectivity index (χ0) is 16.4. The van der Waals surface area contributed by atoms with E-state index < -0.39 is 23.7 Å². The van der Waals surface area contributed by atoms with Crippen LogP contribution in [0.4, 0.5) is 22.0 Å². The lowest BCUT2D eigenvalue weighted by molar-refractivity contribution is -0.137. The van der Waals surface area contributed by atoms with E-state index in [2.05, 4.69) is 5.32 Å². The third kappa shape index (κ3) is 4.16. The van der Waals surface area contributed by atoms with Crippen LogP contribution in [0.1, 0.15) is 17.5 Å². The van der Waals surface area contributed by atoms with Gasteiger partial charge < -0.3 is 5.32 Å². The number of hydrogen-bond donors (Lipinski definition) is 1. The van der Waals surface area contributed by atoms with Crippen molar-refractivity contribution >= 4 is 0 Å². The van der Waals surface area contributed by atoms with Gasteiger partial charge in [-0.2, -0.15) is 13.2 Å². The number of hydrogen-bond acceptors (Lipinski definition) is 2. The number of halogens is 5. The first-order valence-electron chi connectivity index (χ1n) is 7.16. The highest BCUT2D eigenvalue weighted by molar-refractivity contribution is 5.24. The third-order valence-corrected chi connectivity index (χ3v) is 4.02. The monoisotopic (exact) mass is 322 g/mol. The maximum absolute atomic E-state index is 13.8. The van der Waals surface area contributed by atoms with Gasteiger partial charge in [0.1, 0.15) is 0 Å². The summed E-state index contributed by atoms with van der Waals surface area (Å²) in [6, 6.07) is 4.05. The van der Waals surface area contributed by atoms with Crippen LogP contribution >= 0.6 is 0 Å². The Labute approximate surface area is 126 Å². The maximum Gasteiger partial charge on any atom is 0.416 e. The highest BCUT2D eigenvalue weighted by Gasteiger charge is 2.43. The average Bonchev–Trinajstić information content (AvgIpc) is 2.44. The van der Waals surface area contributed by atoms with Crippen molar-refractivity contribution in [3.05, 3.63) is 35.4 Å². The van der Waals surface area contributed by atoms with Crippen molar-refractivity contribution in [1.29, 1.82) is 0 Å². The highest BCUT2D eigenvalue weighted by Crippen LogP contribution is 2.29. The summed E-state index contributed by atoms with van der Waals surface area (Å²) in [7, 11) is 1.52. The van der Waals surface area contributed by atoms with E-state index >= 15 is 0 Å². The molecule has 2 nitrogen and oxygen atoms in total. The van der Waals surface area contributed by atoms with E-state index in [-0.39, 0.29) is 6.54 Å². The van der Waals surface area contributed by atoms with Gasteiger partial charge in [-0.05, 0) is 37.6 Å². The van der Waals surface area contributed by atoms with Crippen molar-refractivity contribution in [2.45, 2.75) is 31.0 Å². The van der Waals surface area contributed by atoms with Gasteiger partial charge in [-0.25, -0.2) is 8.78 Å². The molecule has 0 amide bonds. The second-order valence-electron chi connectivity index (χ2n) is 5.61. The van der Waals surface area contributed by atoms with Crippen LogP contribution < -0.4 is 5.32 Å². The largest absolute Gasteiger partial charge is 0.416 e. The Bertz CT molecular complexity index is 484. The fourth-order valence-corrected chi connectivity index (χ4v) is 2.70. The zero-order valence-electron chi connectivity index (χ0n) is 12.3. The Balaban J connectivity index is 1.88. The molecule has 22 heavy (non-hydrogen) atoms. The molecule has 1 saturated heterocycles. The summed E-state index contributed by atoms with van der Waals surface area (Å²) < 4.78 is 65.0. The van der Waals surface area contributed by atoms with Gasteiger partial charge in [0, 0.05) is 13.1 Å². The number of nitrogens with one attached hydrogen (secondary N) is 1. The summed E-state index contributed by atoms with van der Waals surface area (Å²) in [6.45, 7) is 0.651. The molecule has 2 rings (SSSR count). The Morgan fingerprint density at radius 2 is 1.86 bits per heavy atom. The number of nitrogens with zero attached hydrogens (tertiary/aromatic N) is 1. The van der Waals surface area contributed by atoms with Gasteiger partial charge in [0.15, 0.2) is 0 Å². The fourth-order valence-electron chi connectivity index (χ4n) is 2.70. The molecule has 7 heteroatoms. The third-order valence-electron chi connectivity index (χ3n) is 4.02. The molecule has 0 spiro atoms. The number of benzene rings is 1.